The lowest BCUT2D eigenvalue weighted by molar-refractivity contribution is -0.165. The Balaban J connectivity index is 1.60. The highest BCUT2D eigenvalue weighted by molar-refractivity contribution is 6.30. The Labute approximate surface area is 159 Å². The van der Waals surface area contributed by atoms with Gasteiger partial charge in [0.15, 0.2) is 0 Å². The van der Waals surface area contributed by atoms with Crippen LogP contribution in [0.3, 0.4) is 0 Å². The third-order valence-corrected chi connectivity index (χ3v) is 5.49. The van der Waals surface area contributed by atoms with Gasteiger partial charge in [0.25, 0.3) is 0 Å². The fraction of sp³-hybridized carbons (Fsp3) is 0.0909. The van der Waals surface area contributed by atoms with Gasteiger partial charge in [-0.25, -0.2) is 19.2 Å². The number of cyclic esters (lactones) is 4. The number of benzene rings is 2. The van der Waals surface area contributed by atoms with Crippen LogP contribution in [0.5, 0.6) is 0 Å². The van der Waals surface area contributed by atoms with Gasteiger partial charge in [-0.1, -0.05) is 66.7 Å². The van der Waals surface area contributed by atoms with E-state index >= 15 is 0 Å². The van der Waals surface area contributed by atoms with E-state index in [1.807, 2.05) is 54.6 Å². The van der Waals surface area contributed by atoms with Gasteiger partial charge in [-0.15, -0.1) is 0 Å². The maximum atomic E-state index is 12.4. The van der Waals surface area contributed by atoms with Crippen LogP contribution in [0, 0.1) is 10.8 Å². The van der Waals surface area contributed by atoms with Crippen LogP contribution in [0.4, 0.5) is 0 Å². The van der Waals surface area contributed by atoms with E-state index in [0.29, 0.717) is 5.57 Å². The van der Waals surface area contributed by atoms with E-state index in [2.05, 4.69) is 9.47 Å². The molecule has 3 aliphatic rings. The van der Waals surface area contributed by atoms with E-state index in [1.54, 1.807) is 0 Å². The summed E-state index contributed by atoms with van der Waals surface area (Å²) in [6.07, 6.45) is 4.09. The van der Waals surface area contributed by atoms with Crippen molar-refractivity contribution in [3.05, 3.63) is 78.4 Å². The molecule has 0 spiro atoms. The predicted octanol–water partition coefficient (Wildman–Crippen LogP) is 2.45. The topological polar surface area (TPSA) is 86.7 Å². The van der Waals surface area contributed by atoms with E-state index in [4.69, 9.17) is 0 Å². The lowest BCUT2D eigenvalue weighted by Crippen LogP contribution is -2.46. The number of esters is 4. The van der Waals surface area contributed by atoms with E-state index in [-0.39, 0.29) is 0 Å². The first-order valence-electron chi connectivity index (χ1n) is 8.60. The van der Waals surface area contributed by atoms with Gasteiger partial charge in [-0.2, -0.15) is 0 Å². The summed E-state index contributed by atoms with van der Waals surface area (Å²) in [5.41, 5.74) is -0.859. The van der Waals surface area contributed by atoms with Gasteiger partial charge >= 0.3 is 23.9 Å². The molecule has 2 fully saturated rings. The summed E-state index contributed by atoms with van der Waals surface area (Å²) in [4.78, 5) is 49.3. The molecule has 2 heterocycles. The smallest absolute Gasteiger partial charge is 0.337 e. The molecular formula is C22H12O6. The maximum Gasteiger partial charge on any atom is 0.337 e. The Morgan fingerprint density at radius 3 is 1.68 bits per heavy atom. The minimum atomic E-state index is -2.09. The van der Waals surface area contributed by atoms with Gasteiger partial charge in [0.1, 0.15) is 0 Å². The average molecular weight is 372 g/mol. The van der Waals surface area contributed by atoms with Crippen LogP contribution in [-0.2, 0) is 28.7 Å². The van der Waals surface area contributed by atoms with Crippen molar-refractivity contribution in [3.63, 3.8) is 0 Å². The molecule has 0 amide bonds. The number of carbonyl (C=O) groups is 4. The molecule has 0 saturated carbocycles. The molecule has 0 aromatic heterocycles. The van der Waals surface area contributed by atoms with Crippen molar-refractivity contribution in [2.75, 3.05) is 0 Å². The fourth-order valence-corrected chi connectivity index (χ4v) is 3.96. The van der Waals surface area contributed by atoms with Crippen molar-refractivity contribution >= 4 is 29.5 Å². The Kier molecular flexibility index (Phi) is 3.13. The molecule has 2 aliphatic heterocycles. The van der Waals surface area contributed by atoms with Gasteiger partial charge in [0.2, 0.25) is 10.8 Å². The minimum absolute atomic E-state index is 0.522. The molecule has 0 radical (unpaired) electrons. The maximum absolute atomic E-state index is 12.4. The molecule has 1 aliphatic carbocycles. The Bertz CT molecular complexity index is 1090. The first-order valence-corrected chi connectivity index (χ1v) is 8.60. The van der Waals surface area contributed by atoms with Crippen LogP contribution in [0.15, 0.2) is 72.8 Å². The number of rotatable bonds is 2. The highest BCUT2D eigenvalue weighted by Crippen LogP contribution is 2.58. The first kappa shape index (κ1) is 16.4. The van der Waals surface area contributed by atoms with Crippen LogP contribution in [0.2, 0.25) is 0 Å². The van der Waals surface area contributed by atoms with Crippen LogP contribution >= 0.6 is 0 Å². The number of carbonyl (C=O) groups excluding carboxylic acids is 4. The van der Waals surface area contributed by atoms with Crippen LogP contribution in [-0.4, -0.2) is 23.9 Å². The monoisotopic (exact) mass is 372 g/mol. The van der Waals surface area contributed by atoms with Gasteiger partial charge in [0.05, 0.1) is 0 Å². The molecule has 2 aromatic rings. The molecule has 0 N–H and O–H groups in total. The largest absolute Gasteiger partial charge is 0.391 e. The second kappa shape index (κ2) is 5.36. The van der Waals surface area contributed by atoms with Crippen molar-refractivity contribution in [2.45, 2.75) is 0 Å². The highest BCUT2D eigenvalue weighted by atomic mass is 16.6. The van der Waals surface area contributed by atoms with E-state index in [9.17, 15) is 19.2 Å². The summed E-state index contributed by atoms with van der Waals surface area (Å²) < 4.78 is 9.33. The van der Waals surface area contributed by atoms with Crippen LogP contribution < -0.4 is 0 Å². The second-order valence-electron chi connectivity index (χ2n) is 6.85. The Morgan fingerprint density at radius 2 is 1.07 bits per heavy atom. The molecule has 136 valence electrons. The normalized spacial score (nSPS) is 27.8. The summed E-state index contributed by atoms with van der Waals surface area (Å²) in [7, 11) is 0. The van der Waals surface area contributed by atoms with Gasteiger partial charge in [-0.3, -0.25) is 0 Å². The summed E-state index contributed by atoms with van der Waals surface area (Å²) in [5.74, 6) is -4.34. The molecule has 0 bridgehead atoms. The van der Waals surface area contributed by atoms with E-state index in [1.165, 1.54) is 18.2 Å². The van der Waals surface area contributed by atoms with Gasteiger partial charge in [-0.05, 0) is 28.3 Å². The zero-order valence-electron chi connectivity index (χ0n) is 14.4. The lowest BCUT2D eigenvalue weighted by atomic mass is 9.63. The third kappa shape index (κ3) is 1.81. The van der Waals surface area contributed by atoms with Crippen molar-refractivity contribution in [2.24, 2.45) is 10.8 Å². The summed E-state index contributed by atoms with van der Waals surface area (Å²) >= 11 is 0. The summed E-state index contributed by atoms with van der Waals surface area (Å²) in [5, 5.41) is 0. The van der Waals surface area contributed by atoms with Crippen molar-refractivity contribution in [1.82, 2.24) is 0 Å². The number of hydrogen-bond donors (Lipinski definition) is 0. The van der Waals surface area contributed by atoms with Gasteiger partial charge < -0.3 is 9.47 Å². The zero-order chi connectivity index (χ0) is 19.5. The summed E-state index contributed by atoms with van der Waals surface area (Å²) in [6.45, 7) is 0. The summed E-state index contributed by atoms with van der Waals surface area (Å²) in [6, 6.07) is 17.3. The van der Waals surface area contributed by atoms with Crippen molar-refractivity contribution in [1.29, 1.82) is 0 Å². The Hall–Kier alpha value is -3.80. The molecule has 0 atom stereocenters. The van der Waals surface area contributed by atoms with Crippen molar-refractivity contribution < 1.29 is 28.7 Å². The fourth-order valence-electron chi connectivity index (χ4n) is 3.96. The first-order chi connectivity index (χ1) is 13.5. The molecule has 2 aromatic carbocycles. The molecule has 28 heavy (non-hydrogen) atoms. The van der Waals surface area contributed by atoms with E-state index in [0.717, 1.165) is 16.7 Å². The predicted molar refractivity (Wildman–Crippen MR) is 96.1 cm³/mol. The number of hydrogen-bond acceptors (Lipinski definition) is 6. The third-order valence-electron chi connectivity index (χ3n) is 5.49. The standard InChI is InChI=1S/C22H12O6/c23-17-21-11-10-16(12-22(21,19(25)27-17)20(26)28-18(21)24)15-8-6-14(7-9-15)13-4-2-1-3-5-13/h1-12H. The molecule has 0 unspecified atom stereocenters. The molecule has 6 nitrogen and oxygen atoms in total. The van der Waals surface area contributed by atoms with E-state index < -0.39 is 34.7 Å². The van der Waals surface area contributed by atoms with Crippen molar-refractivity contribution in [3.8, 4) is 11.1 Å². The molecule has 6 heteroatoms. The second-order valence-corrected chi connectivity index (χ2v) is 6.85. The van der Waals surface area contributed by atoms with Crippen LogP contribution in [0.25, 0.3) is 16.7 Å². The highest BCUT2D eigenvalue weighted by Gasteiger charge is 2.81. The SMILES string of the molecule is O=C1OC(=O)C23C=C(c4ccc(-c5ccccc5)cc4)C=CC12C(=O)OC3=O. The van der Waals surface area contributed by atoms with Gasteiger partial charge in [0, 0.05) is 0 Å². The number of allylic oxidation sites excluding steroid dienone is 2. The molecule has 2 saturated heterocycles. The minimum Gasteiger partial charge on any atom is -0.391 e. The Morgan fingerprint density at radius 1 is 0.571 bits per heavy atom. The van der Waals surface area contributed by atoms with Crippen LogP contribution in [0.1, 0.15) is 5.56 Å². The molecular weight excluding hydrogens is 360 g/mol. The molecule has 5 rings (SSSR count). The lowest BCUT2D eigenvalue weighted by Gasteiger charge is -2.26. The average Bonchev–Trinajstić information content (AvgIpc) is 3.10. The number of ether oxygens (including phenoxy) is 2. The quantitative estimate of drug-likeness (QED) is 0.595. The zero-order valence-corrected chi connectivity index (χ0v) is 14.4.